The van der Waals surface area contributed by atoms with Crippen molar-refractivity contribution in [2.75, 3.05) is 18.4 Å². The lowest BCUT2D eigenvalue weighted by molar-refractivity contribution is 0.0764. The third kappa shape index (κ3) is 3.80. The van der Waals surface area contributed by atoms with Crippen LogP contribution in [0.3, 0.4) is 0 Å². The van der Waals surface area contributed by atoms with Crippen molar-refractivity contribution in [1.82, 2.24) is 4.90 Å². The summed E-state index contributed by atoms with van der Waals surface area (Å²) in [6.07, 6.45) is 0.916. The monoisotopic (exact) mass is 301 g/mol. The molecule has 0 unspecified atom stereocenters. The smallest absolute Gasteiger partial charge is 0.254 e. The van der Waals surface area contributed by atoms with Crippen LogP contribution in [0.4, 0.5) is 4.39 Å². The molecule has 0 aromatic heterocycles. The minimum atomic E-state index is -0.303. The highest BCUT2D eigenvalue weighted by molar-refractivity contribution is 9.09. The second-order valence-corrected chi connectivity index (χ2v) is 4.68. The fourth-order valence-electron chi connectivity index (χ4n) is 1.69. The molecule has 1 amide bonds. The van der Waals surface area contributed by atoms with Crippen molar-refractivity contribution >= 4 is 21.8 Å². The van der Waals surface area contributed by atoms with E-state index in [1.807, 2.05) is 6.92 Å². The lowest BCUT2D eigenvalue weighted by Gasteiger charge is -2.21. The van der Waals surface area contributed by atoms with Gasteiger partial charge in [-0.15, -0.1) is 0 Å². The molecule has 0 N–H and O–H groups in total. The molecule has 0 bridgehead atoms. The van der Waals surface area contributed by atoms with Crippen molar-refractivity contribution in [3.63, 3.8) is 0 Å². The first-order chi connectivity index (χ1) is 8.10. The standard InChI is InChI=1S/C13H17BrFNO/c1-3-16(8-4-7-14)13(17)12-6-5-11(15)9-10(12)2/h5-6,9H,3-4,7-8H2,1-2H3. The summed E-state index contributed by atoms with van der Waals surface area (Å²) in [5.41, 5.74) is 1.27. The zero-order valence-electron chi connectivity index (χ0n) is 10.2. The van der Waals surface area contributed by atoms with Crippen LogP contribution >= 0.6 is 15.9 Å². The number of amides is 1. The van der Waals surface area contributed by atoms with Crippen LogP contribution in [0.15, 0.2) is 18.2 Å². The van der Waals surface area contributed by atoms with E-state index < -0.39 is 0 Å². The number of hydrogen-bond acceptors (Lipinski definition) is 1. The van der Waals surface area contributed by atoms with Gasteiger partial charge in [0.25, 0.3) is 5.91 Å². The van der Waals surface area contributed by atoms with Gasteiger partial charge in [0.1, 0.15) is 5.82 Å². The van der Waals surface area contributed by atoms with Crippen LogP contribution in [0, 0.1) is 12.7 Å². The first-order valence-corrected chi connectivity index (χ1v) is 6.83. The van der Waals surface area contributed by atoms with Crippen LogP contribution in [0.2, 0.25) is 0 Å². The van der Waals surface area contributed by atoms with Crippen LogP contribution in [-0.4, -0.2) is 29.2 Å². The van der Waals surface area contributed by atoms with Crippen molar-refractivity contribution in [1.29, 1.82) is 0 Å². The fraction of sp³-hybridized carbons (Fsp3) is 0.462. The van der Waals surface area contributed by atoms with Gasteiger partial charge in [-0.2, -0.15) is 0 Å². The average molecular weight is 302 g/mol. The highest BCUT2D eigenvalue weighted by Gasteiger charge is 2.15. The number of hydrogen-bond donors (Lipinski definition) is 0. The number of nitrogens with zero attached hydrogens (tertiary/aromatic N) is 1. The Hall–Kier alpha value is -0.900. The van der Waals surface area contributed by atoms with Gasteiger partial charge in [-0.3, -0.25) is 4.79 Å². The molecule has 0 atom stereocenters. The molecule has 0 saturated carbocycles. The predicted octanol–water partition coefficient (Wildman–Crippen LogP) is 3.38. The number of rotatable bonds is 5. The summed E-state index contributed by atoms with van der Waals surface area (Å²) in [6.45, 7) is 5.10. The van der Waals surface area contributed by atoms with Crippen molar-refractivity contribution in [3.05, 3.63) is 35.1 Å². The van der Waals surface area contributed by atoms with E-state index >= 15 is 0 Å². The Balaban J connectivity index is 2.86. The molecule has 4 heteroatoms. The second kappa shape index (κ2) is 6.74. The van der Waals surface area contributed by atoms with E-state index in [9.17, 15) is 9.18 Å². The van der Waals surface area contributed by atoms with E-state index in [0.717, 1.165) is 18.3 Å². The summed E-state index contributed by atoms with van der Waals surface area (Å²) < 4.78 is 13.0. The summed E-state index contributed by atoms with van der Waals surface area (Å²) in [5.74, 6) is -0.325. The molecule has 1 rings (SSSR count). The summed E-state index contributed by atoms with van der Waals surface area (Å²) >= 11 is 3.35. The van der Waals surface area contributed by atoms with E-state index in [1.165, 1.54) is 12.1 Å². The molecular weight excluding hydrogens is 285 g/mol. The summed E-state index contributed by atoms with van der Waals surface area (Å²) in [4.78, 5) is 14.0. The van der Waals surface area contributed by atoms with E-state index in [4.69, 9.17) is 0 Å². The lowest BCUT2D eigenvalue weighted by atomic mass is 10.1. The molecule has 0 aliphatic rings. The number of carbonyl (C=O) groups is 1. The molecule has 1 aromatic carbocycles. The Kier molecular flexibility index (Phi) is 5.62. The van der Waals surface area contributed by atoms with Gasteiger partial charge in [0.05, 0.1) is 0 Å². The van der Waals surface area contributed by atoms with Gasteiger partial charge in [-0.1, -0.05) is 15.9 Å². The maximum Gasteiger partial charge on any atom is 0.254 e. The minimum absolute atomic E-state index is 0.0223. The molecule has 2 nitrogen and oxygen atoms in total. The molecule has 0 heterocycles. The average Bonchev–Trinajstić information content (AvgIpc) is 2.29. The first-order valence-electron chi connectivity index (χ1n) is 5.71. The molecule has 0 radical (unpaired) electrons. The number of alkyl halides is 1. The number of benzene rings is 1. The lowest BCUT2D eigenvalue weighted by Crippen LogP contribution is -2.32. The molecule has 17 heavy (non-hydrogen) atoms. The first kappa shape index (κ1) is 14.2. The van der Waals surface area contributed by atoms with E-state index in [0.29, 0.717) is 17.7 Å². The van der Waals surface area contributed by atoms with E-state index in [-0.39, 0.29) is 11.7 Å². The largest absolute Gasteiger partial charge is 0.339 e. The van der Waals surface area contributed by atoms with Gasteiger partial charge < -0.3 is 4.90 Å². The summed E-state index contributed by atoms with van der Waals surface area (Å²) in [5, 5.41) is 0.874. The van der Waals surface area contributed by atoms with Crippen LogP contribution in [-0.2, 0) is 0 Å². The van der Waals surface area contributed by atoms with Crippen molar-refractivity contribution in [2.45, 2.75) is 20.3 Å². The third-order valence-electron chi connectivity index (χ3n) is 2.65. The summed E-state index contributed by atoms with van der Waals surface area (Å²) in [7, 11) is 0. The van der Waals surface area contributed by atoms with E-state index in [1.54, 1.807) is 17.9 Å². The Labute approximate surface area is 110 Å². The number of carbonyl (C=O) groups excluding carboxylic acids is 1. The maximum atomic E-state index is 13.0. The Morgan fingerprint density at radius 2 is 2.18 bits per heavy atom. The van der Waals surface area contributed by atoms with E-state index in [2.05, 4.69) is 15.9 Å². The minimum Gasteiger partial charge on any atom is -0.339 e. The van der Waals surface area contributed by atoms with Gasteiger partial charge in [0, 0.05) is 24.0 Å². The molecular formula is C13H17BrFNO. The van der Waals surface area contributed by atoms with Crippen molar-refractivity contribution in [3.8, 4) is 0 Å². The fourth-order valence-corrected chi connectivity index (χ4v) is 1.94. The molecule has 0 aliphatic carbocycles. The van der Waals surface area contributed by atoms with Gasteiger partial charge in [0.15, 0.2) is 0 Å². The van der Waals surface area contributed by atoms with Crippen molar-refractivity contribution < 1.29 is 9.18 Å². The quantitative estimate of drug-likeness (QED) is 0.764. The van der Waals surface area contributed by atoms with Gasteiger partial charge in [0.2, 0.25) is 0 Å². The molecule has 1 aromatic rings. The van der Waals surface area contributed by atoms with Crippen LogP contribution in [0.5, 0.6) is 0 Å². The van der Waals surface area contributed by atoms with Gasteiger partial charge in [-0.05, 0) is 44.0 Å². The second-order valence-electron chi connectivity index (χ2n) is 3.89. The molecule has 94 valence electrons. The van der Waals surface area contributed by atoms with Crippen LogP contribution in [0.25, 0.3) is 0 Å². The van der Waals surface area contributed by atoms with Crippen molar-refractivity contribution in [2.24, 2.45) is 0 Å². The predicted molar refractivity (Wildman–Crippen MR) is 71.1 cm³/mol. The van der Waals surface area contributed by atoms with Gasteiger partial charge in [-0.25, -0.2) is 4.39 Å². The zero-order valence-corrected chi connectivity index (χ0v) is 11.8. The Morgan fingerprint density at radius 1 is 1.47 bits per heavy atom. The van der Waals surface area contributed by atoms with Crippen LogP contribution < -0.4 is 0 Å². The third-order valence-corrected chi connectivity index (χ3v) is 3.21. The highest BCUT2D eigenvalue weighted by atomic mass is 79.9. The number of halogens is 2. The highest BCUT2D eigenvalue weighted by Crippen LogP contribution is 2.13. The maximum absolute atomic E-state index is 13.0. The normalized spacial score (nSPS) is 10.4. The summed E-state index contributed by atoms with van der Waals surface area (Å²) in [6, 6.07) is 4.29. The Bertz CT molecular complexity index is 395. The molecule has 0 saturated heterocycles. The Morgan fingerprint density at radius 3 is 2.71 bits per heavy atom. The zero-order chi connectivity index (χ0) is 12.8. The van der Waals surface area contributed by atoms with Crippen LogP contribution in [0.1, 0.15) is 29.3 Å². The molecule has 0 aliphatic heterocycles. The van der Waals surface area contributed by atoms with Gasteiger partial charge >= 0.3 is 0 Å². The molecule has 0 fully saturated rings. The molecule has 0 spiro atoms. The topological polar surface area (TPSA) is 20.3 Å². The number of aryl methyl sites for hydroxylation is 1. The SMILES string of the molecule is CCN(CCCBr)C(=O)c1ccc(F)cc1C.